The number of aliphatic hydroxyl groups excluding tert-OH is 1. The van der Waals surface area contributed by atoms with Gasteiger partial charge >= 0.3 is 0 Å². The fourth-order valence-corrected chi connectivity index (χ4v) is 10.5. The van der Waals surface area contributed by atoms with Crippen molar-refractivity contribution in [1.29, 1.82) is 0 Å². The maximum absolute atomic E-state index is 13.0. The van der Waals surface area contributed by atoms with Crippen molar-refractivity contribution in [2.24, 2.45) is 0 Å². The zero-order valence-corrected chi connectivity index (χ0v) is 53.0. The maximum atomic E-state index is 13.0. The minimum Gasteiger partial charge on any atom is -0.756 e. The van der Waals surface area contributed by atoms with Crippen LogP contribution >= 0.6 is 7.82 Å². The Balaban J connectivity index is 3.99. The Kier molecular flexibility index (Phi) is 58.0. The van der Waals surface area contributed by atoms with Crippen LogP contribution in [0.25, 0.3) is 0 Å². The van der Waals surface area contributed by atoms with Crippen LogP contribution < -0.4 is 10.2 Å². The number of hydrogen-bond acceptors (Lipinski definition) is 6. The van der Waals surface area contributed by atoms with Gasteiger partial charge in [0.15, 0.2) is 0 Å². The molecule has 0 saturated heterocycles. The van der Waals surface area contributed by atoms with E-state index in [1.54, 1.807) is 0 Å². The Labute approximate surface area is 484 Å². The number of unbranched alkanes of at least 4 members (excludes halogenated alkanes) is 36. The molecule has 456 valence electrons. The standard InChI is InChI=1S/C69H129N2O6P/c1-6-8-10-12-14-16-18-20-22-24-26-27-28-29-30-31-32-33-34-35-36-37-38-39-40-41-42-43-45-47-49-51-53-55-57-59-61-63-69(73)70-67(66-77-78(74,75)76-65-64-71(3,4)5)68(72)62-60-58-56-54-52-50-48-46-44-25-23-21-19-17-15-13-11-9-7-2/h8,10,14,16,20,22,26-27,29-30,32-33,67-68,72H,6-7,9,11-13,15,17-19,21,23-25,28,31,34-66H2,1-5H3,(H-,70,73,74,75)/b10-8-,16-14-,22-20-,27-26-,30-29-,33-32-. The molecule has 0 aromatic rings. The molecule has 1 amide bonds. The van der Waals surface area contributed by atoms with E-state index in [9.17, 15) is 19.4 Å². The van der Waals surface area contributed by atoms with Crippen LogP contribution in [0.5, 0.6) is 0 Å². The first-order valence-electron chi connectivity index (χ1n) is 33.3. The normalized spacial score (nSPS) is 14.2. The zero-order valence-electron chi connectivity index (χ0n) is 52.1. The lowest BCUT2D eigenvalue weighted by Crippen LogP contribution is -2.46. The molecule has 0 spiro atoms. The lowest BCUT2D eigenvalue weighted by molar-refractivity contribution is -0.870. The summed E-state index contributed by atoms with van der Waals surface area (Å²) in [5.74, 6) is -0.161. The highest BCUT2D eigenvalue weighted by atomic mass is 31.2. The number of nitrogens with zero attached hydrogens (tertiary/aromatic N) is 1. The predicted octanol–water partition coefficient (Wildman–Crippen LogP) is 20.4. The monoisotopic (exact) mass is 1110 g/mol. The van der Waals surface area contributed by atoms with Gasteiger partial charge in [0.25, 0.3) is 7.82 Å². The number of amides is 1. The van der Waals surface area contributed by atoms with Gasteiger partial charge in [-0.25, -0.2) is 0 Å². The summed E-state index contributed by atoms with van der Waals surface area (Å²) < 4.78 is 23.5. The first-order valence-corrected chi connectivity index (χ1v) is 34.7. The fraction of sp³-hybridized carbons (Fsp3) is 0.812. The molecule has 0 bridgehead atoms. The highest BCUT2D eigenvalue weighted by Crippen LogP contribution is 2.38. The minimum absolute atomic E-state index is 0.0122. The van der Waals surface area contributed by atoms with Crippen LogP contribution in [0.3, 0.4) is 0 Å². The van der Waals surface area contributed by atoms with Gasteiger partial charge < -0.3 is 28.8 Å². The number of hydrogen-bond donors (Lipinski definition) is 2. The molecular formula is C69H129N2O6P. The number of likely N-dealkylation sites (N-methyl/N-ethyl adjacent to an activating group) is 1. The smallest absolute Gasteiger partial charge is 0.268 e. The van der Waals surface area contributed by atoms with E-state index in [-0.39, 0.29) is 19.1 Å². The van der Waals surface area contributed by atoms with Crippen LogP contribution in [0, 0.1) is 0 Å². The molecule has 3 unspecified atom stereocenters. The lowest BCUT2D eigenvalue weighted by Gasteiger charge is -2.30. The summed E-state index contributed by atoms with van der Waals surface area (Å²) in [5, 5.41) is 14.1. The average Bonchev–Trinajstić information content (AvgIpc) is 3.41. The number of carbonyl (C=O) groups is 1. The highest BCUT2D eigenvalue weighted by Gasteiger charge is 2.24. The molecule has 0 saturated carbocycles. The van der Waals surface area contributed by atoms with E-state index in [0.29, 0.717) is 23.9 Å². The third kappa shape index (κ3) is 61.6. The molecule has 0 radical (unpaired) electrons. The van der Waals surface area contributed by atoms with Crippen LogP contribution in [-0.2, 0) is 18.4 Å². The van der Waals surface area contributed by atoms with Crippen LogP contribution in [0.15, 0.2) is 72.9 Å². The molecule has 0 aliphatic rings. The van der Waals surface area contributed by atoms with Crippen molar-refractivity contribution >= 4 is 13.7 Å². The number of phosphoric ester groups is 1. The number of quaternary nitrogens is 1. The Morgan fingerprint density at radius 1 is 0.462 bits per heavy atom. The van der Waals surface area contributed by atoms with Gasteiger partial charge in [0.2, 0.25) is 5.91 Å². The number of aliphatic hydroxyl groups is 1. The number of phosphoric acid groups is 1. The molecule has 0 aromatic carbocycles. The summed E-state index contributed by atoms with van der Waals surface area (Å²) in [6.45, 7) is 4.64. The molecule has 0 fully saturated rings. The molecule has 8 nitrogen and oxygen atoms in total. The predicted molar refractivity (Wildman–Crippen MR) is 339 cm³/mol. The molecule has 0 aromatic heterocycles. The topological polar surface area (TPSA) is 108 Å². The number of nitrogens with one attached hydrogen (secondary N) is 1. The molecular weight excluding hydrogens is 984 g/mol. The lowest BCUT2D eigenvalue weighted by atomic mass is 10.0. The van der Waals surface area contributed by atoms with Gasteiger partial charge in [-0.05, 0) is 64.2 Å². The van der Waals surface area contributed by atoms with E-state index in [1.807, 2.05) is 21.1 Å². The van der Waals surface area contributed by atoms with Crippen LogP contribution in [-0.4, -0.2) is 68.5 Å². The van der Waals surface area contributed by atoms with Crippen LogP contribution in [0.2, 0.25) is 0 Å². The SMILES string of the molecule is CC/C=C\C/C=C\C/C=C\C/C=C\C/C=C\C/C=C\CCCCCCCCCCCCCCCCCCCCC(=O)NC(COP(=O)([O-])OCC[N+](C)(C)C)C(O)CCCCCCCCCCCCCCCCCCCCC. The molecule has 3 atom stereocenters. The number of rotatable bonds is 61. The van der Waals surface area contributed by atoms with E-state index in [2.05, 4.69) is 92.1 Å². The molecule has 0 aliphatic carbocycles. The van der Waals surface area contributed by atoms with E-state index < -0.39 is 20.0 Å². The van der Waals surface area contributed by atoms with Gasteiger partial charge in [0, 0.05) is 6.42 Å². The second kappa shape index (κ2) is 59.6. The molecule has 0 aliphatic heterocycles. The number of allylic oxidation sites excluding steroid dienone is 12. The average molecular weight is 1110 g/mol. The van der Waals surface area contributed by atoms with Crippen molar-refractivity contribution in [3.63, 3.8) is 0 Å². The Morgan fingerprint density at radius 2 is 0.782 bits per heavy atom. The molecule has 9 heteroatoms. The van der Waals surface area contributed by atoms with Crippen molar-refractivity contribution in [2.45, 2.75) is 321 Å². The van der Waals surface area contributed by atoms with Crippen molar-refractivity contribution in [1.82, 2.24) is 5.32 Å². The summed E-state index contributed by atoms with van der Waals surface area (Å²) in [4.78, 5) is 25.6. The van der Waals surface area contributed by atoms with E-state index in [0.717, 1.165) is 77.0 Å². The Morgan fingerprint density at radius 3 is 1.14 bits per heavy atom. The fourth-order valence-electron chi connectivity index (χ4n) is 9.81. The third-order valence-electron chi connectivity index (χ3n) is 15.0. The van der Waals surface area contributed by atoms with Crippen molar-refractivity contribution in [3.05, 3.63) is 72.9 Å². The third-order valence-corrected chi connectivity index (χ3v) is 15.9. The minimum atomic E-state index is -4.58. The van der Waals surface area contributed by atoms with Crippen LogP contribution in [0.4, 0.5) is 0 Å². The molecule has 0 rings (SSSR count). The van der Waals surface area contributed by atoms with Gasteiger partial charge in [0.1, 0.15) is 13.2 Å². The summed E-state index contributed by atoms with van der Waals surface area (Å²) in [6.07, 6.45) is 82.5. The van der Waals surface area contributed by atoms with Gasteiger partial charge in [0.05, 0.1) is 39.9 Å². The zero-order chi connectivity index (χ0) is 57.0. The quantitative estimate of drug-likeness (QED) is 0.0272. The maximum Gasteiger partial charge on any atom is 0.268 e. The second-order valence-corrected chi connectivity index (χ2v) is 25.2. The van der Waals surface area contributed by atoms with Gasteiger partial charge in [-0.3, -0.25) is 9.36 Å². The van der Waals surface area contributed by atoms with E-state index >= 15 is 0 Å². The summed E-state index contributed by atoms with van der Waals surface area (Å²) >= 11 is 0. The Hall–Kier alpha value is -2.06. The summed E-state index contributed by atoms with van der Waals surface area (Å²) in [6, 6.07) is -0.802. The summed E-state index contributed by atoms with van der Waals surface area (Å²) in [7, 11) is 1.31. The van der Waals surface area contributed by atoms with E-state index in [4.69, 9.17) is 9.05 Å². The largest absolute Gasteiger partial charge is 0.756 e. The van der Waals surface area contributed by atoms with Crippen molar-refractivity contribution in [3.8, 4) is 0 Å². The van der Waals surface area contributed by atoms with Crippen molar-refractivity contribution < 1.29 is 32.9 Å². The molecule has 78 heavy (non-hydrogen) atoms. The molecule has 0 heterocycles. The highest BCUT2D eigenvalue weighted by molar-refractivity contribution is 7.45. The van der Waals surface area contributed by atoms with Gasteiger partial charge in [-0.2, -0.15) is 0 Å². The summed E-state index contributed by atoms with van der Waals surface area (Å²) in [5.41, 5.74) is 0. The van der Waals surface area contributed by atoms with E-state index in [1.165, 1.54) is 205 Å². The van der Waals surface area contributed by atoms with Crippen LogP contribution in [0.1, 0.15) is 309 Å². The second-order valence-electron chi connectivity index (χ2n) is 23.8. The Bertz CT molecular complexity index is 1500. The van der Waals surface area contributed by atoms with Crippen molar-refractivity contribution in [2.75, 3.05) is 40.9 Å². The number of carbonyl (C=O) groups excluding carboxylic acids is 1. The van der Waals surface area contributed by atoms with Gasteiger partial charge in [-0.15, -0.1) is 0 Å². The van der Waals surface area contributed by atoms with Gasteiger partial charge in [-0.1, -0.05) is 311 Å². The first-order chi connectivity index (χ1) is 38.0. The molecule has 2 N–H and O–H groups in total. The first kappa shape index (κ1) is 75.9.